The number of halogens is 5. The van der Waals surface area contributed by atoms with E-state index in [1.54, 1.807) is 12.2 Å². The van der Waals surface area contributed by atoms with Gasteiger partial charge < -0.3 is 0 Å². The van der Waals surface area contributed by atoms with Gasteiger partial charge in [0.2, 0.25) is 5.82 Å². The van der Waals surface area contributed by atoms with Crippen molar-refractivity contribution >= 4 is 29.8 Å². The maximum atomic E-state index is 15.2. The molecule has 1 aromatic rings. The highest BCUT2D eigenvalue weighted by Gasteiger charge is 2.39. The maximum absolute atomic E-state index is 15.2. The Bertz CT molecular complexity index is 998. The molecule has 0 spiro atoms. The van der Waals surface area contributed by atoms with Gasteiger partial charge >= 0.3 is 0 Å². The molecule has 1 aliphatic rings. The van der Waals surface area contributed by atoms with Crippen LogP contribution in [0.5, 0.6) is 0 Å². The Morgan fingerprint density at radius 1 is 0.484 bits per heavy atom. The Kier molecular flexibility index (Phi) is 7.01. The average Bonchev–Trinajstić information content (AvgIpc) is 2.56. The van der Waals surface area contributed by atoms with E-state index >= 15 is 8.78 Å². The Labute approximate surface area is 185 Å². The van der Waals surface area contributed by atoms with Gasteiger partial charge in [0.25, 0.3) is 0 Å². The molecular formula is C23H31F5Si3. The minimum absolute atomic E-state index is 0.212. The summed E-state index contributed by atoms with van der Waals surface area (Å²) >= 11 is 0. The second kappa shape index (κ2) is 8.44. The Balaban J connectivity index is 3.30. The van der Waals surface area contributed by atoms with E-state index in [1.807, 2.05) is 31.8 Å². The van der Waals surface area contributed by atoms with Crippen LogP contribution < -0.4 is 0 Å². The van der Waals surface area contributed by atoms with Crippen molar-refractivity contribution in [3.05, 3.63) is 74.5 Å². The molecular weight excluding hydrogens is 456 g/mol. The van der Waals surface area contributed by atoms with Crippen LogP contribution in [0.3, 0.4) is 0 Å². The van der Waals surface area contributed by atoms with Gasteiger partial charge in [-0.05, 0) is 5.57 Å². The number of hydrogen-bond donors (Lipinski definition) is 0. The quantitative estimate of drug-likeness (QED) is 0.174. The molecule has 2 rings (SSSR count). The summed E-state index contributed by atoms with van der Waals surface area (Å²) in [5.74, 6) is -9.44. The summed E-state index contributed by atoms with van der Waals surface area (Å²) < 4.78 is 72.9. The summed E-state index contributed by atoms with van der Waals surface area (Å²) in [6.45, 7) is 18.6. The van der Waals surface area contributed by atoms with Crippen molar-refractivity contribution in [1.82, 2.24) is 0 Å². The lowest BCUT2D eigenvalue weighted by molar-refractivity contribution is 0.376. The first-order valence-electron chi connectivity index (χ1n) is 10.3. The van der Waals surface area contributed by atoms with Crippen molar-refractivity contribution in [2.75, 3.05) is 0 Å². The molecule has 1 aliphatic carbocycles. The lowest BCUT2D eigenvalue weighted by atomic mass is 10.0. The van der Waals surface area contributed by atoms with Crippen LogP contribution in [0, 0.1) is 29.1 Å². The van der Waals surface area contributed by atoms with Crippen LogP contribution in [0.4, 0.5) is 22.0 Å². The molecule has 0 nitrogen and oxygen atoms in total. The fourth-order valence-corrected chi connectivity index (χ4v) is 11.2. The molecule has 0 aromatic heterocycles. The van der Waals surface area contributed by atoms with E-state index in [2.05, 4.69) is 39.3 Å². The molecule has 0 bridgehead atoms. The summed E-state index contributed by atoms with van der Waals surface area (Å²) in [5, 5.41) is 2.46. The molecule has 0 unspecified atom stereocenters. The zero-order valence-electron chi connectivity index (χ0n) is 19.7. The van der Waals surface area contributed by atoms with Gasteiger partial charge in [0.1, 0.15) is 0 Å². The molecule has 0 saturated heterocycles. The van der Waals surface area contributed by atoms with Crippen molar-refractivity contribution in [2.24, 2.45) is 0 Å². The highest BCUT2D eigenvalue weighted by Crippen LogP contribution is 2.44. The second-order valence-corrected chi connectivity index (χ2v) is 26.1. The van der Waals surface area contributed by atoms with Crippen LogP contribution in [0.1, 0.15) is 5.56 Å². The monoisotopic (exact) mass is 486 g/mol. The molecule has 31 heavy (non-hydrogen) atoms. The summed E-state index contributed by atoms with van der Waals surface area (Å²) in [6.07, 6.45) is 7.48. The third kappa shape index (κ3) is 4.96. The third-order valence-electron chi connectivity index (χ3n) is 5.25. The van der Waals surface area contributed by atoms with E-state index in [-0.39, 0.29) is 5.57 Å². The van der Waals surface area contributed by atoms with Crippen LogP contribution in [-0.2, 0) is 0 Å². The van der Waals surface area contributed by atoms with Crippen molar-refractivity contribution in [3.8, 4) is 0 Å². The minimum atomic E-state index is -2.32. The highest BCUT2D eigenvalue weighted by atomic mass is 28.3. The summed E-state index contributed by atoms with van der Waals surface area (Å²) in [7, 11) is -6.64. The van der Waals surface area contributed by atoms with Crippen LogP contribution in [-0.4, -0.2) is 24.2 Å². The minimum Gasteiger partial charge on any atom is -0.203 e. The van der Waals surface area contributed by atoms with Gasteiger partial charge in [-0.3, -0.25) is 0 Å². The van der Waals surface area contributed by atoms with E-state index in [4.69, 9.17) is 0 Å². The van der Waals surface area contributed by atoms with Gasteiger partial charge in [-0.25, -0.2) is 22.0 Å². The van der Waals surface area contributed by atoms with Gasteiger partial charge in [0.05, 0.1) is 29.8 Å². The van der Waals surface area contributed by atoms with Crippen molar-refractivity contribution in [3.63, 3.8) is 0 Å². The Morgan fingerprint density at radius 3 is 1.19 bits per heavy atom. The molecule has 0 heterocycles. The average molecular weight is 487 g/mol. The van der Waals surface area contributed by atoms with E-state index < -0.39 is 58.9 Å². The molecule has 0 aliphatic heterocycles. The molecule has 0 amide bonds. The first kappa shape index (κ1) is 25.7. The molecule has 8 heteroatoms. The van der Waals surface area contributed by atoms with Crippen LogP contribution >= 0.6 is 0 Å². The van der Waals surface area contributed by atoms with E-state index in [0.29, 0.717) is 5.20 Å². The maximum Gasteiger partial charge on any atom is 0.200 e. The van der Waals surface area contributed by atoms with Gasteiger partial charge in [-0.15, -0.1) is 0 Å². The molecule has 0 atom stereocenters. The topological polar surface area (TPSA) is 0 Å². The molecule has 1 aromatic carbocycles. The van der Waals surface area contributed by atoms with Crippen LogP contribution in [0.25, 0.3) is 5.57 Å². The van der Waals surface area contributed by atoms with Crippen molar-refractivity contribution < 1.29 is 22.0 Å². The largest absolute Gasteiger partial charge is 0.203 e. The number of rotatable bonds is 4. The number of benzene rings is 1. The highest BCUT2D eigenvalue weighted by molar-refractivity contribution is 6.92. The van der Waals surface area contributed by atoms with Gasteiger partial charge in [0, 0.05) is 0 Å². The fourth-order valence-electron chi connectivity index (χ4n) is 3.85. The number of hydrogen-bond acceptors (Lipinski definition) is 0. The standard InChI is InChI=1S/C23H31F5Si3/c1-29(2,3)14-12-10-11-13-15(30(4,5)6)23(31(7,8)9)16(14)17-18(24)20(26)22(28)21(27)19(17)25/h10-13H,1-9H3/b11-10?,12-10-,13-11-,14-12?,15-13?,16-14+,23-15-,23-16?. The second-order valence-electron chi connectivity index (χ2n) is 11.0. The van der Waals surface area contributed by atoms with Crippen molar-refractivity contribution in [2.45, 2.75) is 58.9 Å². The predicted octanol–water partition coefficient (Wildman–Crippen LogP) is 8.19. The Hall–Kier alpha value is -1.52. The summed E-state index contributed by atoms with van der Waals surface area (Å²) in [4.78, 5) is 0. The first-order chi connectivity index (χ1) is 13.9. The van der Waals surface area contributed by atoms with Crippen LogP contribution in [0.15, 0.2) is 39.9 Å². The SMILES string of the molecule is C[Si](C)(C)C1=C([Si](C)(C)C)/C(c2c(F)c(F)c(F)c(F)c2F)=C([Si](C)(C)C)\C=C/C=C\1. The molecule has 0 fully saturated rings. The zero-order chi connectivity index (χ0) is 24.1. The fraction of sp³-hybridized carbons (Fsp3) is 0.391. The third-order valence-corrected chi connectivity index (χ3v) is 11.6. The lowest BCUT2D eigenvalue weighted by Crippen LogP contribution is -2.36. The Morgan fingerprint density at radius 2 is 0.839 bits per heavy atom. The summed E-state index contributed by atoms with van der Waals surface area (Å²) in [5.41, 5.74) is -0.578. The van der Waals surface area contributed by atoms with E-state index in [1.165, 1.54) is 0 Å². The van der Waals surface area contributed by atoms with Crippen molar-refractivity contribution in [1.29, 1.82) is 0 Å². The smallest absolute Gasteiger partial charge is 0.200 e. The van der Waals surface area contributed by atoms with Crippen LogP contribution in [0.2, 0.25) is 58.9 Å². The molecule has 0 radical (unpaired) electrons. The van der Waals surface area contributed by atoms with Gasteiger partial charge in [-0.1, -0.05) is 98.8 Å². The lowest BCUT2D eigenvalue weighted by Gasteiger charge is -2.36. The molecule has 0 N–H and O–H groups in total. The number of allylic oxidation sites excluding steroid dienone is 8. The summed E-state index contributed by atoms with van der Waals surface area (Å²) in [6, 6.07) is 0. The van der Waals surface area contributed by atoms with Gasteiger partial charge in [0.15, 0.2) is 23.3 Å². The zero-order valence-corrected chi connectivity index (χ0v) is 22.7. The molecule has 170 valence electrons. The van der Waals surface area contributed by atoms with Gasteiger partial charge in [-0.2, -0.15) is 0 Å². The van der Waals surface area contributed by atoms with E-state index in [9.17, 15) is 13.2 Å². The first-order valence-corrected chi connectivity index (χ1v) is 20.8. The predicted molar refractivity (Wildman–Crippen MR) is 128 cm³/mol. The normalized spacial score (nSPS) is 22.9. The van der Waals surface area contributed by atoms with E-state index in [0.717, 1.165) is 10.4 Å². The molecule has 0 saturated carbocycles.